The molecule has 0 radical (unpaired) electrons. The molecule has 25 heavy (non-hydrogen) atoms. The zero-order valence-electron chi connectivity index (χ0n) is 15.9. The Bertz CT molecular complexity index is 494. The summed E-state index contributed by atoms with van der Waals surface area (Å²) in [4.78, 5) is 0. The number of aryl methyl sites for hydroxylation is 2. The van der Waals surface area contributed by atoms with Crippen molar-refractivity contribution >= 4 is 11.3 Å². The quantitative estimate of drug-likeness (QED) is 0.336. The van der Waals surface area contributed by atoms with E-state index in [0.29, 0.717) is 13.2 Å². The first-order chi connectivity index (χ1) is 12.2. The van der Waals surface area contributed by atoms with Gasteiger partial charge in [-0.25, -0.2) is 8.93 Å². The molecule has 1 rings (SSSR count). The number of nitrogens with one attached hydrogen (secondary N) is 1. The van der Waals surface area contributed by atoms with Crippen LogP contribution in [0.15, 0.2) is 18.2 Å². The van der Waals surface area contributed by atoms with Crippen molar-refractivity contribution in [2.45, 2.75) is 78.1 Å². The number of rotatable bonds is 15. The van der Waals surface area contributed by atoms with Crippen LogP contribution in [0.4, 0.5) is 0 Å². The summed E-state index contributed by atoms with van der Waals surface area (Å²) in [7, 11) is 0. The molecular formula is C20H35NO3S. The van der Waals surface area contributed by atoms with Gasteiger partial charge in [0.25, 0.3) is 0 Å². The largest absolute Gasteiger partial charge is 0.493 e. The molecule has 1 atom stereocenters. The first-order valence-electron chi connectivity index (χ1n) is 9.76. The number of hydrogen-bond acceptors (Lipinski definition) is 2. The van der Waals surface area contributed by atoms with Gasteiger partial charge in [0, 0.05) is 6.54 Å². The summed E-state index contributed by atoms with van der Waals surface area (Å²) in [6, 6.07) is 6.66. The summed E-state index contributed by atoms with van der Waals surface area (Å²) in [5, 5.41) is 0. The van der Waals surface area contributed by atoms with Gasteiger partial charge in [-0.1, -0.05) is 51.7 Å². The summed E-state index contributed by atoms with van der Waals surface area (Å²) in [6.45, 7) is 5.65. The third-order valence-electron chi connectivity index (χ3n) is 4.30. The Morgan fingerprint density at radius 3 is 2.40 bits per heavy atom. The van der Waals surface area contributed by atoms with E-state index in [1.54, 1.807) is 0 Å². The van der Waals surface area contributed by atoms with Crippen LogP contribution in [0.1, 0.15) is 76.3 Å². The van der Waals surface area contributed by atoms with Crippen molar-refractivity contribution in [3.63, 3.8) is 0 Å². The summed E-state index contributed by atoms with van der Waals surface area (Å²) in [5.41, 5.74) is 2.75. The van der Waals surface area contributed by atoms with E-state index >= 15 is 0 Å². The number of benzene rings is 1. The van der Waals surface area contributed by atoms with Crippen molar-refractivity contribution in [1.29, 1.82) is 0 Å². The Hall–Kier alpha value is -0.910. The molecule has 0 aliphatic heterocycles. The Morgan fingerprint density at radius 1 is 1.00 bits per heavy atom. The molecular weight excluding hydrogens is 334 g/mol. The van der Waals surface area contributed by atoms with Gasteiger partial charge in [-0.05, 0) is 55.7 Å². The predicted octanol–water partition coefficient (Wildman–Crippen LogP) is 5.04. The van der Waals surface area contributed by atoms with Gasteiger partial charge in [0.15, 0.2) is 0 Å². The minimum atomic E-state index is -1.91. The van der Waals surface area contributed by atoms with Crippen LogP contribution in [-0.2, 0) is 24.1 Å². The molecule has 2 N–H and O–H groups in total. The summed E-state index contributed by atoms with van der Waals surface area (Å²) in [5.74, 6) is 1.01. The highest BCUT2D eigenvalue weighted by Gasteiger charge is 2.06. The smallest absolute Gasteiger partial charge is 0.231 e. The van der Waals surface area contributed by atoms with Crippen LogP contribution in [0, 0.1) is 0 Å². The zero-order valence-corrected chi connectivity index (χ0v) is 16.7. The summed E-state index contributed by atoms with van der Waals surface area (Å²) < 4.78 is 27.7. The molecule has 0 saturated carbocycles. The lowest BCUT2D eigenvalue weighted by molar-refractivity contribution is 0.303. The molecule has 1 aromatic carbocycles. The lowest BCUT2D eigenvalue weighted by atomic mass is 10.00. The fraction of sp³-hybridized carbons (Fsp3) is 0.700. The first-order valence-corrected chi connectivity index (χ1v) is 10.9. The molecule has 0 amide bonds. The van der Waals surface area contributed by atoms with Crippen molar-refractivity contribution < 1.29 is 13.5 Å². The minimum absolute atomic E-state index is 0.534. The van der Waals surface area contributed by atoms with Crippen LogP contribution in [0.2, 0.25) is 0 Å². The average molecular weight is 370 g/mol. The van der Waals surface area contributed by atoms with E-state index in [1.807, 2.05) is 0 Å². The molecule has 4 nitrogen and oxygen atoms in total. The van der Waals surface area contributed by atoms with E-state index in [4.69, 9.17) is 9.29 Å². The lowest BCUT2D eigenvalue weighted by Gasteiger charge is -2.13. The second-order valence-electron chi connectivity index (χ2n) is 6.56. The Labute approximate surface area is 156 Å². The zero-order chi connectivity index (χ0) is 18.3. The monoisotopic (exact) mass is 369 g/mol. The average Bonchev–Trinajstić information content (AvgIpc) is 2.59. The van der Waals surface area contributed by atoms with Gasteiger partial charge in [-0.15, -0.1) is 0 Å². The molecule has 0 bridgehead atoms. The molecule has 0 spiro atoms. The van der Waals surface area contributed by atoms with Crippen LogP contribution in [0.5, 0.6) is 5.75 Å². The van der Waals surface area contributed by atoms with Gasteiger partial charge in [0.1, 0.15) is 5.75 Å². The predicted molar refractivity (Wildman–Crippen MR) is 106 cm³/mol. The number of unbranched alkanes of at least 4 members (excludes halogenated alkanes) is 5. The summed E-state index contributed by atoms with van der Waals surface area (Å²) >= 11 is -1.91. The van der Waals surface area contributed by atoms with E-state index in [2.05, 4.69) is 36.8 Å². The molecule has 144 valence electrons. The van der Waals surface area contributed by atoms with Crippen molar-refractivity contribution in [2.75, 3.05) is 13.2 Å². The Kier molecular flexibility index (Phi) is 12.6. The van der Waals surface area contributed by atoms with E-state index in [1.165, 1.54) is 49.7 Å². The number of hydrogen-bond donors (Lipinski definition) is 2. The minimum Gasteiger partial charge on any atom is -0.493 e. The molecule has 0 aliphatic carbocycles. The normalized spacial score (nSPS) is 12.3. The highest BCUT2D eigenvalue weighted by Crippen LogP contribution is 2.24. The van der Waals surface area contributed by atoms with E-state index in [9.17, 15) is 4.21 Å². The highest BCUT2D eigenvalue weighted by molar-refractivity contribution is 7.77. The van der Waals surface area contributed by atoms with E-state index < -0.39 is 11.3 Å². The molecule has 1 unspecified atom stereocenters. The standard InChI is InChI=1S/C20H35NO3S/c1-3-5-7-11-18-13-14-20(19(17-18)12-8-6-4-2)24-16-10-9-15-21-25(22)23/h13-14,17,21H,3-12,15-16H2,1-2H3,(H,22,23). The fourth-order valence-corrected chi connectivity index (χ4v) is 3.16. The molecule has 0 saturated heterocycles. The molecule has 5 heteroatoms. The first kappa shape index (κ1) is 22.1. The third-order valence-corrected chi connectivity index (χ3v) is 4.75. The van der Waals surface area contributed by atoms with E-state index in [0.717, 1.165) is 31.4 Å². The van der Waals surface area contributed by atoms with Crippen molar-refractivity contribution in [2.24, 2.45) is 0 Å². The van der Waals surface area contributed by atoms with Crippen LogP contribution in [0.3, 0.4) is 0 Å². The fourth-order valence-electron chi connectivity index (χ4n) is 2.84. The van der Waals surface area contributed by atoms with Gasteiger partial charge in [-0.3, -0.25) is 4.55 Å². The molecule has 0 aromatic heterocycles. The van der Waals surface area contributed by atoms with Crippen molar-refractivity contribution in [3.8, 4) is 5.75 Å². The number of ether oxygens (including phenoxy) is 1. The second kappa shape index (κ2) is 14.3. The van der Waals surface area contributed by atoms with Crippen molar-refractivity contribution in [3.05, 3.63) is 29.3 Å². The Balaban J connectivity index is 2.51. The molecule has 0 heterocycles. The van der Waals surface area contributed by atoms with Gasteiger partial charge < -0.3 is 4.74 Å². The highest BCUT2D eigenvalue weighted by atomic mass is 32.2. The SMILES string of the molecule is CCCCCc1ccc(OCCCCNS(=O)O)c(CCCCC)c1. The van der Waals surface area contributed by atoms with Gasteiger partial charge in [-0.2, -0.15) is 0 Å². The van der Waals surface area contributed by atoms with Crippen LogP contribution < -0.4 is 9.46 Å². The maximum atomic E-state index is 10.5. The van der Waals surface area contributed by atoms with Gasteiger partial charge in [0.2, 0.25) is 11.3 Å². The summed E-state index contributed by atoms with van der Waals surface area (Å²) in [6.07, 6.45) is 11.4. The molecule has 1 aromatic rings. The molecule has 0 fully saturated rings. The molecule has 0 aliphatic rings. The third kappa shape index (κ3) is 10.6. The second-order valence-corrected chi connectivity index (χ2v) is 7.34. The Morgan fingerprint density at radius 2 is 1.72 bits per heavy atom. The maximum Gasteiger partial charge on any atom is 0.231 e. The van der Waals surface area contributed by atoms with Crippen molar-refractivity contribution in [1.82, 2.24) is 4.72 Å². The van der Waals surface area contributed by atoms with Crippen LogP contribution in [0.25, 0.3) is 0 Å². The van der Waals surface area contributed by atoms with E-state index in [-0.39, 0.29) is 0 Å². The van der Waals surface area contributed by atoms with Gasteiger partial charge >= 0.3 is 0 Å². The maximum absolute atomic E-state index is 10.5. The van der Waals surface area contributed by atoms with Gasteiger partial charge in [0.05, 0.1) is 6.61 Å². The topological polar surface area (TPSA) is 58.6 Å². The van der Waals surface area contributed by atoms with Crippen LogP contribution in [-0.4, -0.2) is 21.9 Å². The lowest BCUT2D eigenvalue weighted by Crippen LogP contribution is -2.17. The van der Waals surface area contributed by atoms with Crippen LogP contribution >= 0.6 is 0 Å².